The normalized spacial score (nSPS) is 11.3. The van der Waals surface area contributed by atoms with E-state index in [0.717, 1.165) is 28.6 Å². The summed E-state index contributed by atoms with van der Waals surface area (Å²) in [6, 6.07) is 16.0. The highest BCUT2D eigenvalue weighted by molar-refractivity contribution is 9.10. The lowest BCUT2D eigenvalue weighted by atomic mass is 9.95. The number of hydrogen-bond acceptors (Lipinski definition) is 4. The van der Waals surface area contributed by atoms with E-state index in [2.05, 4.69) is 28.9 Å². The van der Waals surface area contributed by atoms with Crippen molar-refractivity contribution in [3.8, 4) is 23.3 Å². The molecule has 0 aliphatic carbocycles. The van der Waals surface area contributed by atoms with Crippen molar-refractivity contribution in [1.29, 1.82) is 5.26 Å². The number of halogens is 1. The molecule has 158 valence electrons. The zero-order valence-electron chi connectivity index (χ0n) is 18.2. The van der Waals surface area contributed by atoms with Crippen LogP contribution in [-0.2, 0) is 0 Å². The Morgan fingerprint density at radius 1 is 0.966 bits per heavy atom. The van der Waals surface area contributed by atoms with Crippen LogP contribution in [-0.4, -0.2) is 19.3 Å². The van der Waals surface area contributed by atoms with E-state index < -0.39 is 0 Å². The summed E-state index contributed by atoms with van der Waals surface area (Å²) >= 11 is 3.51. The fraction of sp³-hybridized carbons (Fsp3) is 0.458. The average Bonchev–Trinajstić information content (AvgIpc) is 2.68. The minimum Gasteiger partial charge on any atom is -0.493 e. The Hall–Kier alpha value is -2.19. The Bertz CT molecular complexity index is 770. The Balaban J connectivity index is 0.000000352. The number of rotatable bonds is 8. The summed E-state index contributed by atoms with van der Waals surface area (Å²) in [6.07, 6.45) is 2.14. The van der Waals surface area contributed by atoms with E-state index >= 15 is 0 Å². The standard InChI is InChI=1S/C15H20BrNO2.C9H12O/c1-5-6-11(9-17)12-7-15(19-10(2)3)14(18-4)8-13(12)16;1-8(2)10-9-6-4-3-5-7-9/h7-8,10-11H,5-6H2,1-4H3;3-8H,1-2H3. The Morgan fingerprint density at radius 2 is 1.59 bits per heavy atom. The van der Waals surface area contributed by atoms with Crippen molar-refractivity contribution in [2.45, 2.75) is 65.6 Å². The van der Waals surface area contributed by atoms with Crippen LogP contribution in [0.1, 0.15) is 58.9 Å². The lowest BCUT2D eigenvalue weighted by Crippen LogP contribution is -2.08. The van der Waals surface area contributed by atoms with Crippen LogP contribution < -0.4 is 14.2 Å². The number of hydrogen-bond donors (Lipinski definition) is 0. The molecule has 0 fully saturated rings. The van der Waals surface area contributed by atoms with Gasteiger partial charge in [-0.2, -0.15) is 5.26 Å². The summed E-state index contributed by atoms with van der Waals surface area (Å²) in [4.78, 5) is 0. The number of nitriles is 1. The minimum atomic E-state index is -0.125. The van der Waals surface area contributed by atoms with Gasteiger partial charge in [-0.05, 0) is 63.9 Å². The fourth-order valence-electron chi connectivity index (χ4n) is 2.67. The summed E-state index contributed by atoms with van der Waals surface area (Å²) in [5, 5.41) is 9.29. The molecule has 2 rings (SSSR count). The van der Waals surface area contributed by atoms with Crippen molar-refractivity contribution < 1.29 is 14.2 Å². The molecule has 0 saturated carbocycles. The summed E-state index contributed by atoms with van der Waals surface area (Å²) in [7, 11) is 1.61. The summed E-state index contributed by atoms with van der Waals surface area (Å²) in [5.74, 6) is 2.18. The molecule has 0 aromatic heterocycles. The number of benzene rings is 2. The van der Waals surface area contributed by atoms with Gasteiger partial charge in [0.1, 0.15) is 5.75 Å². The van der Waals surface area contributed by atoms with Crippen LogP contribution in [0.15, 0.2) is 46.9 Å². The molecular formula is C24H32BrNO3. The van der Waals surface area contributed by atoms with Gasteiger partial charge < -0.3 is 14.2 Å². The molecule has 2 aromatic rings. The first-order valence-corrected chi connectivity index (χ1v) is 10.8. The van der Waals surface area contributed by atoms with Crippen LogP contribution in [0, 0.1) is 11.3 Å². The van der Waals surface area contributed by atoms with Gasteiger partial charge >= 0.3 is 0 Å². The number of nitrogens with zero attached hydrogens (tertiary/aromatic N) is 1. The van der Waals surface area contributed by atoms with Crippen molar-refractivity contribution in [1.82, 2.24) is 0 Å². The fourth-order valence-corrected chi connectivity index (χ4v) is 3.27. The van der Waals surface area contributed by atoms with Crippen molar-refractivity contribution in [2.75, 3.05) is 7.11 Å². The van der Waals surface area contributed by atoms with Gasteiger partial charge in [0, 0.05) is 4.47 Å². The Morgan fingerprint density at radius 3 is 2.07 bits per heavy atom. The van der Waals surface area contributed by atoms with Gasteiger partial charge in [-0.25, -0.2) is 0 Å². The molecule has 0 radical (unpaired) electrons. The van der Waals surface area contributed by atoms with E-state index in [-0.39, 0.29) is 18.1 Å². The summed E-state index contributed by atoms with van der Waals surface area (Å²) in [6.45, 7) is 10.1. The second-order valence-corrected chi connectivity index (χ2v) is 8.00. The zero-order valence-corrected chi connectivity index (χ0v) is 19.8. The van der Waals surface area contributed by atoms with Crippen molar-refractivity contribution in [3.05, 3.63) is 52.5 Å². The van der Waals surface area contributed by atoms with E-state index in [1.165, 1.54) is 0 Å². The van der Waals surface area contributed by atoms with Gasteiger partial charge in [0.15, 0.2) is 11.5 Å². The second kappa shape index (κ2) is 13.1. The number of para-hydroxylation sites is 1. The van der Waals surface area contributed by atoms with Crippen LogP contribution in [0.4, 0.5) is 0 Å². The van der Waals surface area contributed by atoms with Crippen LogP contribution >= 0.6 is 15.9 Å². The van der Waals surface area contributed by atoms with Gasteiger partial charge in [0.05, 0.1) is 31.3 Å². The van der Waals surface area contributed by atoms with Gasteiger partial charge in [-0.15, -0.1) is 0 Å². The predicted molar refractivity (Wildman–Crippen MR) is 122 cm³/mol. The summed E-state index contributed by atoms with van der Waals surface area (Å²) < 4.78 is 17.4. The molecule has 1 unspecified atom stereocenters. The van der Waals surface area contributed by atoms with Gasteiger partial charge in [0.25, 0.3) is 0 Å². The number of methoxy groups -OCH3 is 1. The van der Waals surface area contributed by atoms with Crippen LogP contribution in [0.25, 0.3) is 0 Å². The highest BCUT2D eigenvalue weighted by Gasteiger charge is 2.18. The van der Waals surface area contributed by atoms with Crippen LogP contribution in [0.3, 0.4) is 0 Å². The van der Waals surface area contributed by atoms with Gasteiger partial charge in [-0.1, -0.05) is 47.5 Å². The van der Waals surface area contributed by atoms with E-state index in [1.807, 2.05) is 70.2 Å². The van der Waals surface area contributed by atoms with Gasteiger partial charge in [-0.3, -0.25) is 0 Å². The first kappa shape index (κ1) is 24.8. The molecule has 0 N–H and O–H groups in total. The molecule has 0 amide bonds. The number of ether oxygens (including phenoxy) is 3. The lowest BCUT2D eigenvalue weighted by molar-refractivity contribution is 0.229. The highest BCUT2D eigenvalue weighted by atomic mass is 79.9. The largest absolute Gasteiger partial charge is 0.493 e. The molecule has 0 aliphatic heterocycles. The SMILES string of the molecule is CC(C)Oc1ccccc1.CCCC(C#N)c1cc(OC(C)C)c(OC)cc1Br. The molecular weight excluding hydrogens is 430 g/mol. The van der Waals surface area contributed by atoms with E-state index in [0.29, 0.717) is 11.5 Å². The monoisotopic (exact) mass is 461 g/mol. The summed E-state index contributed by atoms with van der Waals surface area (Å²) in [5.41, 5.74) is 0.959. The van der Waals surface area contributed by atoms with E-state index in [1.54, 1.807) is 7.11 Å². The molecule has 5 heteroatoms. The minimum absolute atomic E-state index is 0.0645. The average molecular weight is 462 g/mol. The molecule has 0 heterocycles. The maximum absolute atomic E-state index is 9.29. The Labute approximate surface area is 183 Å². The van der Waals surface area contributed by atoms with Crippen molar-refractivity contribution >= 4 is 15.9 Å². The predicted octanol–water partition coefficient (Wildman–Crippen LogP) is 7.13. The molecule has 29 heavy (non-hydrogen) atoms. The second-order valence-electron chi connectivity index (χ2n) is 7.14. The maximum atomic E-state index is 9.29. The smallest absolute Gasteiger partial charge is 0.161 e. The van der Waals surface area contributed by atoms with E-state index in [9.17, 15) is 5.26 Å². The lowest BCUT2D eigenvalue weighted by Gasteiger charge is -2.18. The molecule has 0 bridgehead atoms. The third-order valence-corrected chi connectivity index (χ3v) is 4.56. The molecule has 1 atom stereocenters. The first-order valence-electron chi connectivity index (χ1n) is 9.97. The molecule has 0 spiro atoms. The van der Waals surface area contributed by atoms with E-state index in [4.69, 9.17) is 14.2 Å². The Kier molecular flexibility index (Phi) is 11.2. The van der Waals surface area contributed by atoms with Crippen LogP contribution in [0.2, 0.25) is 0 Å². The van der Waals surface area contributed by atoms with Gasteiger partial charge in [0.2, 0.25) is 0 Å². The molecule has 4 nitrogen and oxygen atoms in total. The molecule has 0 aliphatic rings. The third kappa shape index (κ3) is 8.79. The van der Waals surface area contributed by atoms with Crippen molar-refractivity contribution in [3.63, 3.8) is 0 Å². The zero-order chi connectivity index (χ0) is 21.8. The molecule has 2 aromatic carbocycles. The van der Waals surface area contributed by atoms with Crippen molar-refractivity contribution in [2.24, 2.45) is 0 Å². The highest BCUT2D eigenvalue weighted by Crippen LogP contribution is 2.38. The quantitative estimate of drug-likeness (QED) is 0.419. The maximum Gasteiger partial charge on any atom is 0.161 e. The topological polar surface area (TPSA) is 51.5 Å². The van der Waals surface area contributed by atoms with Crippen LogP contribution in [0.5, 0.6) is 17.2 Å². The third-order valence-electron chi connectivity index (χ3n) is 3.87. The first-order chi connectivity index (χ1) is 13.8. The molecule has 0 saturated heterocycles.